The van der Waals surface area contributed by atoms with Crippen molar-refractivity contribution in [2.24, 2.45) is 0 Å². The van der Waals surface area contributed by atoms with Crippen molar-refractivity contribution >= 4 is 17.5 Å². The largest absolute Gasteiger partial charge is 0.335 e. The summed E-state index contributed by atoms with van der Waals surface area (Å²) in [4.78, 5) is 27.1. The van der Waals surface area contributed by atoms with E-state index in [9.17, 15) is 9.59 Å². The van der Waals surface area contributed by atoms with Crippen LogP contribution < -0.4 is 5.32 Å². The van der Waals surface area contributed by atoms with Gasteiger partial charge in [-0.1, -0.05) is 30.3 Å². The summed E-state index contributed by atoms with van der Waals surface area (Å²) in [6.45, 7) is 1.95. The van der Waals surface area contributed by atoms with Crippen LogP contribution in [-0.2, 0) is 0 Å². The average Bonchev–Trinajstić information content (AvgIpc) is 3.38. The normalized spacial score (nSPS) is 11.6. The van der Waals surface area contributed by atoms with Crippen molar-refractivity contribution < 1.29 is 9.59 Å². The molecule has 2 amide bonds. The number of benzene rings is 3. The van der Waals surface area contributed by atoms with E-state index in [1.54, 1.807) is 48.3 Å². The first kappa shape index (κ1) is 20.9. The molecule has 8 heteroatoms. The van der Waals surface area contributed by atoms with Crippen LogP contribution in [0.25, 0.3) is 5.69 Å². The van der Waals surface area contributed by atoms with Crippen molar-refractivity contribution in [1.29, 1.82) is 0 Å². The first-order valence-electron chi connectivity index (χ1n) is 10.1. The molecule has 0 saturated carbocycles. The van der Waals surface area contributed by atoms with Gasteiger partial charge in [0.15, 0.2) is 0 Å². The summed E-state index contributed by atoms with van der Waals surface area (Å²) in [6, 6.07) is 23.4. The van der Waals surface area contributed by atoms with Gasteiger partial charge in [-0.3, -0.25) is 9.59 Å². The van der Waals surface area contributed by atoms with E-state index in [0.717, 1.165) is 11.3 Å². The van der Waals surface area contributed by atoms with Gasteiger partial charge in [0.2, 0.25) is 0 Å². The number of anilines is 1. The quantitative estimate of drug-likeness (QED) is 0.507. The Morgan fingerprint density at radius 2 is 1.69 bits per heavy atom. The van der Waals surface area contributed by atoms with E-state index < -0.39 is 0 Å². The van der Waals surface area contributed by atoms with E-state index in [0.29, 0.717) is 16.8 Å². The summed E-state index contributed by atoms with van der Waals surface area (Å²) in [6.07, 6.45) is 1.49. The zero-order valence-electron chi connectivity index (χ0n) is 17.7. The summed E-state index contributed by atoms with van der Waals surface area (Å²) in [5.74, 6) is -0.290. The fourth-order valence-electron chi connectivity index (χ4n) is 3.31. The van der Waals surface area contributed by atoms with Gasteiger partial charge in [0, 0.05) is 23.9 Å². The molecule has 1 heterocycles. The molecule has 0 aliphatic heterocycles. The number of carbonyl (C=O) groups excluding carboxylic acids is 2. The maximum Gasteiger partial charge on any atom is 0.255 e. The average molecular weight is 426 g/mol. The molecule has 0 aliphatic rings. The summed E-state index contributed by atoms with van der Waals surface area (Å²) >= 11 is 0. The molecule has 4 rings (SSSR count). The lowest BCUT2D eigenvalue weighted by molar-refractivity contribution is 0.0742. The van der Waals surface area contributed by atoms with E-state index in [-0.39, 0.29) is 17.9 Å². The minimum atomic E-state index is -0.199. The first-order chi connectivity index (χ1) is 15.5. The van der Waals surface area contributed by atoms with Crippen molar-refractivity contribution in [2.75, 3.05) is 12.4 Å². The van der Waals surface area contributed by atoms with E-state index in [1.165, 1.54) is 11.0 Å². The van der Waals surface area contributed by atoms with Gasteiger partial charge < -0.3 is 10.2 Å². The third-order valence-corrected chi connectivity index (χ3v) is 5.29. The smallest absolute Gasteiger partial charge is 0.255 e. The molecule has 0 fully saturated rings. The van der Waals surface area contributed by atoms with Gasteiger partial charge in [0.05, 0.1) is 11.7 Å². The topological polar surface area (TPSA) is 93.0 Å². The molecule has 3 aromatic carbocycles. The van der Waals surface area contributed by atoms with E-state index in [2.05, 4.69) is 20.8 Å². The molecule has 160 valence electrons. The van der Waals surface area contributed by atoms with Crippen LogP contribution in [0.3, 0.4) is 0 Å². The number of rotatable bonds is 6. The van der Waals surface area contributed by atoms with Crippen LogP contribution in [0.2, 0.25) is 0 Å². The summed E-state index contributed by atoms with van der Waals surface area (Å²) in [7, 11) is 1.76. The monoisotopic (exact) mass is 426 g/mol. The third-order valence-electron chi connectivity index (χ3n) is 5.29. The lowest BCUT2D eigenvalue weighted by Crippen LogP contribution is -2.29. The fourth-order valence-corrected chi connectivity index (χ4v) is 3.31. The Hall–Kier alpha value is -4.33. The second-order valence-electron chi connectivity index (χ2n) is 7.34. The second-order valence-corrected chi connectivity index (χ2v) is 7.34. The van der Waals surface area contributed by atoms with Gasteiger partial charge in [-0.25, -0.2) is 4.68 Å². The predicted molar refractivity (Wildman–Crippen MR) is 120 cm³/mol. The number of nitrogens with zero attached hydrogens (tertiary/aromatic N) is 5. The minimum absolute atomic E-state index is 0.112. The molecule has 32 heavy (non-hydrogen) atoms. The van der Waals surface area contributed by atoms with Crippen molar-refractivity contribution in [3.05, 3.63) is 102 Å². The Kier molecular flexibility index (Phi) is 6.03. The number of tetrazole rings is 1. The Balaban J connectivity index is 1.46. The lowest BCUT2D eigenvalue weighted by atomic mass is 10.0. The van der Waals surface area contributed by atoms with Crippen molar-refractivity contribution in [1.82, 2.24) is 25.1 Å². The van der Waals surface area contributed by atoms with Gasteiger partial charge in [0.25, 0.3) is 11.8 Å². The number of hydrogen-bond acceptors (Lipinski definition) is 5. The Labute approximate surface area is 185 Å². The molecule has 8 nitrogen and oxygen atoms in total. The van der Waals surface area contributed by atoms with Crippen LogP contribution in [0.1, 0.15) is 39.2 Å². The summed E-state index contributed by atoms with van der Waals surface area (Å²) in [5, 5.41) is 14.0. The Morgan fingerprint density at radius 1 is 0.938 bits per heavy atom. The van der Waals surface area contributed by atoms with Crippen LogP contribution in [0, 0.1) is 0 Å². The minimum Gasteiger partial charge on any atom is -0.335 e. The van der Waals surface area contributed by atoms with Crippen LogP contribution in [0.5, 0.6) is 0 Å². The van der Waals surface area contributed by atoms with Crippen molar-refractivity contribution in [3.63, 3.8) is 0 Å². The highest BCUT2D eigenvalue weighted by atomic mass is 16.2. The highest BCUT2D eigenvalue weighted by molar-refractivity contribution is 6.04. The third kappa shape index (κ3) is 4.54. The van der Waals surface area contributed by atoms with E-state index >= 15 is 0 Å². The molecule has 0 aliphatic carbocycles. The van der Waals surface area contributed by atoms with E-state index in [4.69, 9.17) is 0 Å². The molecule has 0 unspecified atom stereocenters. The molecule has 1 aromatic heterocycles. The number of nitrogens with one attached hydrogen (secondary N) is 1. The maximum atomic E-state index is 13.0. The van der Waals surface area contributed by atoms with Crippen molar-refractivity contribution in [3.8, 4) is 5.69 Å². The number of aromatic nitrogens is 4. The molecule has 1 atom stereocenters. The highest BCUT2D eigenvalue weighted by Crippen LogP contribution is 2.24. The standard InChI is InChI=1S/C24H22N6O2/c1-17(20-9-6-10-21(15-20)26-23(31)18-7-4-3-5-8-18)29(2)24(32)19-11-13-22(14-12-19)30-16-25-27-28-30/h3-17H,1-2H3,(H,26,31)/t17-/m0/s1. The van der Waals surface area contributed by atoms with E-state index in [1.807, 2.05) is 49.4 Å². The summed E-state index contributed by atoms with van der Waals surface area (Å²) in [5.41, 5.74) is 3.50. The SMILES string of the molecule is C[C@@H](c1cccc(NC(=O)c2ccccc2)c1)N(C)C(=O)c1ccc(-n2cnnn2)cc1. The molecular weight excluding hydrogens is 404 g/mol. The maximum absolute atomic E-state index is 13.0. The highest BCUT2D eigenvalue weighted by Gasteiger charge is 2.19. The number of amides is 2. The van der Waals surface area contributed by atoms with Gasteiger partial charge in [-0.2, -0.15) is 0 Å². The zero-order chi connectivity index (χ0) is 22.5. The second kappa shape index (κ2) is 9.22. The van der Waals surface area contributed by atoms with Gasteiger partial charge in [-0.05, 0) is 71.4 Å². The molecular formula is C24H22N6O2. The van der Waals surface area contributed by atoms with Gasteiger partial charge >= 0.3 is 0 Å². The van der Waals surface area contributed by atoms with Crippen LogP contribution in [0.15, 0.2) is 85.2 Å². The molecule has 0 spiro atoms. The summed E-state index contributed by atoms with van der Waals surface area (Å²) < 4.78 is 1.52. The van der Waals surface area contributed by atoms with Gasteiger partial charge in [-0.15, -0.1) is 5.10 Å². The number of hydrogen-bond donors (Lipinski definition) is 1. The van der Waals surface area contributed by atoms with Gasteiger partial charge in [0.1, 0.15) is 6.33 Å². The first-order valence-corrected chi connectivity index (χ1v) is 10.1. The zero-order valence-corrected chi connectivity index (χ0v) is 17.7. The number of carbonyl (C=O) groups is 2. The van der Waals surface area contributed by atoms with Crippen LogP contribution in [-0.4, -0.2) is 44.0 Å². The Morgan fingerprint density at radius 3 is 2.38 bits per heavy atom. The fraction of sp³-hybridized carbons (Fsp3) is 0.125. The van der Waals surface area contributed by atoms with Crippen LogP contribution >= 0.6 is 0 Å². The molecule has 4 aromatic rings. The van der Waals surface area contributed by atoms with Crippen molar-refractivity contribution in [2.45, 2.75) is 13.0 Å². The predicted octanol–water partition coefficient (Wildman–Crippen LogP) is 3.75. The molecule has 0 saturated heterocycles. The molecule has 0 bridgehead atoms. The molecule has 0 radical (unpaired) electrons. The lowest BCUT2D eigenvalue weighted by Gasteiger charge is -2.26. The van der Waals surface area contributed by atoms with Crippen LogP contribution in [0.4, 0.5) is 5.69 Å². The Bertz CT molecular complexity index is 1210. The molecule has 1 N–H and O–H groups in total.